The van der Waals surface area contributed by atoms with Crippen LogP contribution in [0, 0.1) is 11.8 Å². The molecule has 1 nitrogen and oxygen atoms in total. The van der Waals surface area contributed by atoms with Gasteiger partial charge >= 0.3 is 0 Å². The van der Waals surface area contributed by atoms with Crippen molar-refractivity contribution in [3.8, 4) is 0 Å². The van der Waals surface area contributed by atoms with Gasteiger partial charge < -0.3 is 0 Å². The Morgan fingerprint density at radius 2 is 1.95 bits per heavy atom. The van der Waals surface area contributed by atoms with E-state index in [9.17, 15) is 0 Å². The minimum absolute atomic E-state index is 0.660. The molecule has 4 unspecified atom stereocenters. The number of thioether (sulfide) groups is 1. The predicted octanol–water partition coefficient (Wildman–Crippen LogP) is 4.33. The summed E-state index contributed by atoms with van der Waals surface area (Å²) < 4.78 is 0. The van der Waals surface area contributed by atoms with E-state index in [0.29, 0.717) is 12.0 Å². The van der Waals surface area contributed by atoms with Crippen LogP contribution in [0.1, 0.15) is 24.3 Å². The van der Waals surface area contributed by atoms with Crippen molar-refractivity contribution in [3.05, 3.63) is 54.1 Å². The van der Waals surface area contributed by atoms with Gasteiger partial charge in [0.1, 0.15) is 0 Å². The number of piperidine rings is 1. The Balaban J connectivity index is 1.66. The number of allylic oxidation sites excluding steroid dienone is 1. The SMILES string of the molecule is CSc1ccc(C2CN3CC=CC3C3C=CCCC23)cc1. The highest BCUT2D eigenvalue weighted by Crippen LogP contribution is 2.45. The molecule has 110 valence electrons. The number of benzene rings is 1. The molecule has 4 atom stereocenters. The highest BCUT2D eigenvalue weighted by molar-refractivity contribution is 7.98. The molecule has 21 heavy (non-hydrogen) atoms. The molecule has 3 aliphatic rings. The molecule has 0 N–H and O–H groups in total. The summed E-state index contributed by atoms with van der Waals surface area (Å²) in [5.41, 5.74) is 1.54. The summed E-state index contributed by atoms with van der Waals surface area (Å²) in [5.74, 6) is 2.24. The number of hydrogen-bond donors (Lipinski definition) is 0. The van der Waals surface area contributed by atoms with Gasteiger partial charge in [0.05, 0.1) is 0 Å². The molecule has 1 aromatic rings. The third-order valence-electron chi connectivity index (χ3n) is 5.50. The van der Waals surface area contributed by atoms with Crippen molar-refractivity contribution in [3.63, 3.8) is 0 Å². The lowest BCUT2D eigenvalue weighted by molar-refractivity contribution is 0.0902. The maximum Gasteiger partial charge on any atom is 0.0347 e. The number of hydrogen-bond acceptors (Lipinski definition) is 2. The van der Waals surface area contributed by atoms with Crippen LogP contribution in [-0.2, 0) is 0 Å². The molecule has 1 aromatic carbocycles. The molecule has 0 amide bonds. The second-order valence-electron chi connectivity index (χ2n) is 6.50. The van der Waals surface area contributed by atoms with Crippen LogP contribution in [0.4, 0.5) is 0 Å². The van der Waals surface area contributed by atoms with Crippen LogP contribution >= 0.6 is 11.8 Å². The Labute approximate surface area is 132 Å². The van der Waals surface area contributed by atoms with Gasteiger partial charge in [-0.05, 0) is 48.6 Å². The van der Waals surface area contributed by atoms with Gasteiger partial charge in [0.15, 0.2) is 0 Å². The van der Waals surface area contributed by atoms with Crippen molar-refractivity contribution in [1.29, 1.82) is 0 Å². The Hall–Kier alpha value is -0.990. The van der Waals surface area contributed by atoms with E-state index >= 15 is 0 Å². The fourth-order valence-electron chi connectivity index (χ4n) is 4.45. The molecule has 1 fully saturated rings. The van der Waals surface area contributed by atoms with Gasteiger partial charge in [0.2, 0.25) is 0 Å². The van der Waals surface area contributed by atoms with Crippen molar-refractivity contribution in [1.82, 2.24) is 4.90 Å². The van der Waals surface area contributed by atoms with Gasteiger partial charge in [-0.25, -0.2) is 0 Å². The minimum Gasteiger partial charge on any atom is -0.292 e. The van der Waals surface area contributed by atoms with Gasteiger partial charge in [-0.15, -0.1) is 11.8 Å². The van der Waals surface area contributed by atoms with Crippen LogP contribution in [0.5, 0.6) is 0 Å². The van der Waals surface area contributed by atoms with E-state index in [1.165, 1.54) is 24.3 Å². The first-order chi connectivity index (χ1) is 10.4. The number of rotatable bonds is 2. The molecular weight excluding hydrogens is 274 g/mol. The quantitative estimate of drug-likeness (QED) is 0.590. The smallest absolute Gasteiger partial charge is 0.0347 e. The summed E-state index contributed by atoms with van der Waals surface area (Å²) in [6.45, 7) is 2.37. The molecule has 2 aliphatic heterocycles. The average molecular weight is 297 g/mol. The third kappa shape index (κ3) is 2.39. The van der Waals surface area contributed by atoms with E-state index in [0.717, 1.165) is 18.4 Å². The van der Waals surface area contributed by atoms with Crippen molar-refractivity contribution >= 4 is 11.8 Å². The topological polar surface area (TPSA) is 3.24 Å². The Morgan fingerprint density at radius 1 is 1.10 bits per heavy atom. The van der Waals surface area contributed by atoms with E-state index in [1.54, 1.807) is 5.56 Å². The van der Waals surface area contributed by atoms with Gasteiger partial charge in [0.25, 0.3) is 0 Å². The molecular formula is C19H23NS. The molecule has 0 radical (unpaired) electrons. The number of nitrogens with zero attached hydrogens (tertiary/aromatic N) is 1. The summed E-state index contributed by atoms with van der Waals surface area (Å²) in [6, 6.07) is 9.99. The van der Waals surface area contributed by atoms with Gasteiger partial charge in [-0.1, -0.05) is 36.4 Å². The lowest BCUT2D eigenvalue weighted by Crippen LogP contribution is -2.49. The van der Waals surface area contributed by atoms with Crippen LogP contribution in [0.15, 0.2) is 53.5 Å². The van der Waals surface area contributed by atoms with Gasteiger partial charge in [-0.3, -0.25) is 4.90 Å². The first-order valence-corrected chi connectivity index (χ1v) is 9.30. The van der Waals surface area contributed by atoms with Crippen LogP contribution < -0.4 is 0 Å². The van der Waals surface area contributed by atoms with E-state index in [4.69, 9.17) is 0 Å². The summed E-state index contributed by atoms with van der Waals surface area (Å²) in [6.07, 6.45) is 14.5. The fourth-order valence-corrected chi connectivity index (χ4v) is 4.86. The molecule has 0 bridgehead atoms. The van der Waals surface area contributed by atoms with Crippen LogP contribution in [0.3, 0.4) is 0 Å². The zero-order valence-corrected chi connectivity index (χ0v) is 13.4. The minimum atomic E-state index is 0.660. The molecule has 2 heterocycles. The lowest BCUT2D eigenvalue weighted by Gasteiger charge is -2.47. The van der Waals surface area contributed by atoms with E-state index in [-0.39, 0.29) is 0 Å². The monoisotopic (exact) mass is 297 g/mol. The Bertz CT molecular complexity index is 559. The van der Waals surface area contributed by atoms with Crippen molar-refractivity contribution < 1.29 is 0 Å². The first-order valence-electron chi connectivity index (χ1n) is 8.08. The van der Waals surface area contributed by atoms with Crippen LogP contribution in [0.2, 0.25) is 0 Å². The molecule has 0 spiro atoms. The second kappa shape index (κ2) is 5.66. The van der Waals surface area contributed by atoms with E-state index in [2.05, 4.69) is 59.7 Å². The third-order valence-corrected chi connectivity index (χ3v) is 6.24. The maximum absolute atomic E-state index is 2.67. The molecule has 0 aromatic heterocycles. The van der Waals surface area contributed by atoms with Crippen LogP contribution in [-0.4, -0.2) is 30.3 Å². The zero-order chi connectivity index (χ0) is 14.2. The van der Waals surface area contributed by atoms with E-state index < -0.39 is 0 Å². The Kier molecular flexibility index (Phi) is 3.68. The lowest BCUT2D eigenvalue weighted by atomic mass is 9.67. The number of fused-ring (bicyclic) bond motifs is 3. The molecule has 1 saturated heterocycles. The standard InChI is InChI=1S/C19H23NS/c1-21-15-10-8-14(9-11-15)18-13-20-12-4-7-19(20)17-6-3-2-5-16(17)18/h3-4,6-11,16-19H,2,5,12-13H2,1H3. The largest absolute Gasteiger partial charge is 0.292 e. The molecule has 1 aliphatic carbocycles. The van der Waals surface area contributed by atoms with Crippen molar-refractivity contribution in [2.75, 3.05) is 19.3 Å². The highest BCUT2D eigenvalue weighted by atomic mass is 32.2. The van der Waals surface area contributed by atoms with Crippen LogP contribution in [0.25, 0.3) is 0 Å². The zero-order valence-electron chi connectivity index (χ0n) is 12.6. The summed E-state index contributed by atoms with van der Waals surface area (Å²) in [7, 11) is 0. The maximum atomic E-state index is 2.67. The normalized spacial score (nSPS) is 34.7. The Morgan fingerprint density at radius 3 is 2.76 bits per heavy atom. The first kappa shape index (κ1) is 13.7. The predicted molar refractivity (Wildman–Crippen MR) is 90.8 cm³/mol. The molecule has 0 saturated carbocycles. The van der Waals surface area contributed by atoms with Gasteiger partial charge in [-0.2, -0.15) is 0 Å². The van der Waals surface area contributed by atoms with Crippen molar-refractivity contribution in [2.24, 2.45) is 11.8 Å². The van der Waals surface area contributed by atoms with Gasteiger partial charge in [0, 0.05) is 29.9 Å². The fraction of sp³-hybridized carbons (Fsp3) is 0.474. The summed E-state index contributed by atoms with van der Waals surface area (Å²) in [5, 5.41) is 0. The molecule has 2 heteroatoms. The second-order valence-corrected chi connectivity index (χ2v) is 7.38. The summed E-state index contributed by atoms with van der Waals surface area (Å²) in [4.78, 5) is 4.04. The highest BCUT2D eigenvalue weighted by Gasteiger charge is 2.43. The van der Waals surface area contributed by atoms with Crippen molar-refractivity contribution in [2.45, 2.75) is 29.7 Å². The summed E-state index contributed by atoms with van der Waals surface area (Å²) >= 11 is 1.83. The van der Waals surface area contributed by atoms with E-state index in [1.807, 2.05) is 11.8 Å². The molecule has 4 rings (SSSR count). The average Bonchev–Trinajstić information content (AvgIpc) is 3.03.